The number of aromatic nitrogens is 1. The maximum atomic E-state index is 3.52. The van der Waals surface area contributed by atoms with Crippen LogP contribution < -0.4 is 5.32 Å². The lowest BCUT2D eigenvalue weighted by molar-refractivity contribution is 0.393. The Bertz CT molecular complexity index is 514. The van der Waals surface area contributed by atoms with E-state index in [1.54, 1.807) is 0 Å². The number of hydrogen-bond acceptors (Lipinski definition) is 2. The largest absolute Gasteiger partial charge is 0.346 e. The van der Waals surface area contributed by atoms with Gasteiger partial charge >= 0.3 is 0 Å². The van der Waals surface area contributed by atoms with E-state index in [1.807, 2.05) is 0 Å². The van der Waals surface area contributed by atoms with Crippen molar-refractivity contribution in [1.29, 1.82) is 0 Å². The van der Waals surface area contributed by atoms with Gasteiger partial charge in [-0.1, -0.05) is 18.2 Å². The Balaban J connectivity index is 1.82. The fourth-order valence-corrected chi connectivity index (χ4v) is 2.46. The van der Waals surface area contributed by atoms with Crippen LogP contribution in [0.1, 0.15) is 12.0 Å². The minimum absolute atomic E-state index is 1.03. The van der Waals surface area contributed by atoms with Gasteiger partial charge < -0.3 is 14.8 Å². The zero-order chi connectivity index (χ0) is 13.7. The summed E-state index contributed by atoms with van der Waals surface area (Å²) in [6.45, 7) is 6.50. The number of nitrogens with zero attached hydrogens (tertiary/aromatic N) is 2. The summed E-state index contributed by atoms with van der Waals surface area (Å²) in [4.78, 5) is 2.23. The first kappa shape index (κ1) is 14.1. The van der Waals surface area contributed by atoms with E-state index in [-0.39, 0.29) is 0 Å². The monoisotopic (exact) mass is 259 g/mol. The van der Waals surface area contributed by atoms with Crippen molar-refractivity contribution in [2.75, 3.05) is 33.7 Å². The molecule has 0 spiro atoms. The molecule has 0 saturated heterocycles. The molecule has 1 N–H and O–H groups in total. The second-order valence-corrected chi connectivity index (χ2v) is 5.43. The summed E-state index contributed by atoms with van der Waals surface area (Å²) in [5, 5.41) is 4.89. The van der Waals surface area contributed by atoms with Crippen molar-refractivity contribution in [2.24, 2.45) is 0 Å². The van der Waals surface area contributed by atoms with Gasteiger partial charge in [-0.2, -0.15) is 0 Å². The fraction of sp³-hybridized carbons (Fsp3) is 0.500. The van der Waals surface area contributed by atoms with Crippen molar-refractivity contribution in [3.63, 3.8) is 0 Å². The first-order valence-corrected chi connectivity index (χ1v) is 7.08. The highest BCUT2D eigenvalue weighted by atomic mass is 15.1. The van der Waals surface area contributed by atoms with Crippen molar-refractivity contribution >= 4 is 10.9 Å². The lowest BCUT2D eigenvalue weighted by Crippen LogP contribution is -2.24. The van der Waals surface area contributed by atoms with Crippen LogP contribution in [0.25, 0.3) is 10.9 Å². The molecule has 1 aromatic heterocycles. The summed E-state index contributed by atoms with van der Waals surface area (Å²) in [6, 6.07) is 8.63. The number of aryl methyl sites for hydroxylation is 1. The van der Waals surface area contributed by atoms with Crippen molar-refractivity contribution in [3.05, 3.63) is 36.0 Å². The third-order valence-corrected chi connectivity index (χ3v) is 3.48. The molecule has 0 unspecified atom stereocenters. The molecule has 2 aromatic rings. The van der Waals surface area contributed by atoms with E-state index in [0.29, 0.717) is 0 Å². The van der Waals surface area contributed by atoms with Crippen LogP contribution in [0.15, 0.2) is 30.5 Å². The molecule has 3 heteroatoms. The number of fused-ring (bicyclic) bond motifs is 1. The number of rotatable bonds is 7. The molecule has 1 heterocycles. The first-order valence-electron chi connectivity index (χ1n) is 7.08. The molecule has 0 atom stereocenters. The van der Waals surface area contributed by atoms with E-state index in [9.17, 15) is 0 Å². The highest BCUT2D eigenvalue weighted by molar-refractivity contribution is 5.83. The van der Waals surface area contributed by atoms with Crippen LogP contribution >= 0.6 is 0 Å². The van der Waals surface area contributed by atoms with Crippen LogP contribution in [-0.2, 0) is 6.54 Å². The maximum absolute atomic E-state index is 3.52. The van der Waals surface area contributed by atoms with Gasteiger partial charge in [-0.15, -0.1) is 0 Å². The molecule has 0 aliphatic heterocycles. The summed E-state index contributed by atoms with van der Waals surface area (Å²) in [7, 11) is 4.24. The minimum atomic E-state index is 1.03. The topological polar surface area (TPSA) is 20.2 Å². The van der Waals surface area contributed by atoms with Gasteiger partial charge in [0.25, 0.3) is 0 Å². The molecule has 0 aliphatic rings. The lowest BCUT2D eigenvalue weighted by Gasteiger charge is -2.10. The fourth-order valence-electron chi connectivity index (χ4n) is 2.46. The summed E-state index contributed by atoms with van der Waals surface area (Å²) in [5.74, 6) is 0. The number of benzene rings is 1. The van der Waals surface area contributed by atoms with Gasteiger partial charge in [0.1, 0.15) is 0 Å². The third-order valence-electron chi connectivity index (χ3n) is 3.48. The Hall–Kier alpha value is -1.32. The van der Waals surface area contributed by atoms with Crippen LogP contribution in [0, 0.1) is 6.92 Å². The normalized spacial score (nSPS) is 11.6. The third kappa shape index (κ3) is 3.82. The molecule has 0 saturated carbocycles. The molecule has 19 heavy (non-hydrogen) atoms. The van der Waals surface area contributed by atoms with Crippen LogP contribution in [0.5, 0.6) is 0 Å². The molecule has 0 radical (unpaired) electrons. The van der Waals surface area contributed by atoms with Crippen molar-refractivity contribution in [2.45, 2.75) is 19.9 Å². The molecule has 0 fully saturated rings. The smallest absolute Gasteiger partial charge is 0.0483 e. The van der Waals surface area contributed by atoms with E-state index in [1.165, 1.54) is 22.9 Å². The van der Waals surface area contributed by atoms with Gasteiger partial charge in [-0.3, -0.25) is 0 Å². The average Bonchev–Trinajstić information content (AvgIpc) is 2.71. The second-order valence-electron chi connectivity index (χ2n) is 5.43. The Morgan fingerprint density at radius 2 is 1.95 bits per heavy atom. The number of para-hydroxylation sites is 1. The first-order chi connectivity index (χ1) is 9.18. The zero-order valence-corrected chi connectivity index (χ0v) is 12.3. The van der Waals surface area contributed by atoms with E-state index < -0.39 is 0 Å². The predicted octanol–water partition coefficient (Wildman–Crippen LogP) is 2.49. The average molecular weight is 259 g/mol. The zero-order valence-electron chi connectivity index (χ0n) is 12.3. The van der Waals surface area contributed by atoms with Gasteiger partial charge in [0.2, 0.25) is 0 Å². The Morgan fingerprint density at radius 3 is 2.74 bits per heavy atom. The Kier molecular flexibility index (Phi) is 5.00. The van der Waals surface area contributed by atoms with Crippen molar-refractivity contribution < 1.29 is 0 Å². The maximum Gasteiger partial charge on any atom is 0.0483 e. The van der Waals surface area contributed by atoms with Crippen LogP contribution in [0.4, 0.5) is 0 Å². The van der Waals surface area contributed by atoms with E-state index in [2.05, 4.69) is 66.3 Å². The van der Waals surface area contributed by atoms with Crippen molar-refractivity contribution in [3.8, 4) is 0 Å². The molecule has 1 aromatic carbocycles. The standard InChI is InChI=1S/C16H25N3/c1-14-13-19(16-8-5-4-7-15(14)16)12-10-17-9-6-11-18(2)3/h4-5,7-8,13,17H,6,9-12H2,1-3H3. The van der Waals surface area contributed by atoms with Crippen LogP contribution in [0.3, 0.4) is 0 Å². The molecule has 104 valence electrons. The molecule has 0 aliphatic carbocycles. The Labute approximate surface area is 116 Å². The summed E-state index contributed by atoms with van der Waals surface area (Å²) >= 11 is 0. The van der Waals surface area contributed by atoms with Gasteiger partial charge in [0.05, 0.1) is 0 Å². The van der Waals surface area contributed by atoms with Crippen molar-refractivity contribution in [1.82, 2.24) is 14.8 Å². The molecular weight excluding hydrogens is 234 g/mol. The highest BCUT2D eigenvalue weighted by Gasteiger charge is 2.03. The highest BCUT2D eigenvalue weighted by Crippen LogP contribution is 2.19. The second kappa shape index (κ2) is 6.73. The lowest BCUT2D eigenvalue weighted by atomic mass is 10.2. The predicted molar refractivity (Wildman–Crippen MR) is 82.7 cm³/mol. The quantitative estimate of drug-likeness (QED) is 0.771. The molecule has 2 rings (SSSR count). The van der Waals surface area contributed by atoms with E-state index in [4.69, 9.17) is 0 Å². The molecule has 0 bridgehead atoms. The van der Waals surface area contributed by atoms with Gasteiger partial charge in [0.15, 0.2) is 0 Å². The minimum Gasteiger partial charge on any atom is -0.346 e. The van der Waals surface area contributed by atoms with Gasteiger partial charge in [-0.05, 0) is 52.2 Å². The summed E-state index contributed by atoms with van der Waals surface area (Å²) in [6.07, 6.45) is 3.46. The molecule has 3 nitrogen and oxygen atoms in total. The van der Waals surface area contributed by atoms with Crippen LogP contribution in [0.2, 0.25) is 0 Å². The van der Waals surface area contributed by atoms with E-state index >= 15 is 0 Å². The Morgan fingerprint density at radius 1 is 1.16 bits per heavy atom. The van der Waals surface area contributed by atoms with Crippen LogP contribution in [-0.4, -0.2) is 43.2 Å². The summed E-state index contributed by atoms with van der Waals surface area (Å²) < 4.78 is 2.35. The van der Waals surface area contributed by atoms with E-state index in [0.717, 1.165) is 26.2 Å². The van der Waals surface area contributed by atoms with Gasteiger partial charge in [-0.25, -0.2) is 0 Å². The SMILES string of the molecule is Cc1cn(CCNCCCN(C)C)c2ccccc12. The number of hydrogen-bond donors (Lipinski definition) is 1. The molecule has 0 amide bonds. The van der Waals surface area contributed by atoms with Gasteiger partial charge in [0, 0.05) is 30.2 Å². The number of nitrogens with one attached hydrogen (secondary N) is 1. The molecular formula is C16H25N3. The summed E-state index contributed by atoms with van der Waals surface area (Å²) in [5.41, 5.74) is 2.71.